The van der Waals surface area contributed by atoms with Crippen molar-refractivity contribution < 1.29 is 14.7 Å². The van der Waals surface area contributed by atoms with Crippen LogP contribution in [0.4, 0.5) is 0 Å². The van der Waals surface area contributed by atoms with E-state index in [1.165, 1.54) is 5.01 Å². The number of rotatable bonds is 5. The Morgan fingerprint density at radius 1 is 1.36 bits per heavy atom. The predicted molar refractivity (Wildman–Crippen MR) is 87.8 cm³/mol. The van der Waals surface area contributed by atoms with Gasteiger partial charge in [0.15, 0.2) is 0 Å². The zero-order chi connectivity index (χ0) is 16.2. The number of hydrazone groups is 1. The number of nitrogens with zero attached hydrogens (tertiary/aromatic N) is 3. The Balaban J connectivity index is 2.10. The van der Waals surface area contributed by atoms with E-state index in [9.17, 15) is 9.59 Å². The van der Waals surface area contributed by atoms with Gasteiger partial charge in [-0.15, -0.1) is 0 Å². The molecule has 0 aliphatic carbocycles. The average Bonchev–Trinajstić information content (AvgIpc) is 2.56. The fraction of sp³-hybridized carbons (Fsp3) is 0.800. The first kappa shape index (κ1) is 17.3. The third-order valence-electron chi connectivity index (χ3n) is 4.49. The van der Waals surface area contributed by atoms with Crippen molar-refractivity contribution in [1.82, 2.24) is 9.91 Å². The lowest BCUT2D eigenvalue weighted by molar-refractivity contribution is -0.132. The van der Waals surface area contributed by atoms with E-state index >= 15 is 0 Å². The molecule has 2 aliphatic heterocycles. The lowest BCUT2D eigenvalue weighted by atomic mass is 10.0. The molecular formula is C15H25N3O3S. The van der Waals surface area contributed by atoms with Crippen molar-refractivity contribution in [2.45, 2.75) is 44.3 Å². The highest BCUT2D eigenvalue weighted by Crippen LogP contribution is 2.36. The van der Waals surface area contributed by atoms with Gasteiger partial charge in [0.1, 0.15) is 5.71 Å². The smallest absolute Gasteiger partial charge is 0.270 e. The molecular weight excluding hydrogens is 302 g/mol. The fourth-order valence-electron chi connectivity index (χ4n) is 2.90. The van der Waals surface area contributed by atoms with Crippen LogP contribution in [0.25, 0.3) is 0 Å². The zero-order valence-electron chi connectivity index (χ0n) is 13.4. The van der Waals surface area contributed by atoms with Gasteiger partial charge in [-0.2, -0.15) is 16.9 Å². The molecule has 0 unspecified atom stereocenters. The Hall–Kier alpha value is -1.08. The number of amides is 2. The minimum atomic E-state index is -0.147. The monoisotopic (exact) mass is 327 g/mol. The van der Waals surface area contributed by atoms with E-state index in [1.807, 2.05) is 16.7 Å². The van der Waals surface area contributed by atoms with Crippen LogP contribution in [-0.4, -0.2) is 69.3 Å². The quantitative estimate of drug-likeness (QED) is 0.820. The van der Waals surface area contributed by atoms with E-state index in [0.717, 1.165) is 31.7 Å². The molecule has 2 rings (SSSR count). The summed E-state index contributed by atoms with van der Waals surface area (Å²) in [4.78, 5) is 26.3. The lowest BCUT2D eigenvalue weighted by Gasteiger charge is -2.41. The number of carbonyl (C=O) groups excluding carboxylic acids is 2. The molecule has 1 fully saturated rings. The molecule has 1 N–H and O–H groups in total. The molecule has 124 valence electrons. The Morgan fingerprint density at radius 3 is 2.73 bits per heavy atom. The summed E-state index contributed by atoms with van der Waals surface area (Å²) < 4.78 is 0.143. The maximum absolute atomic E-state index is 12.7. The van der Waals surface area contributed by atoms with Gasteiger partial charge in [-0.3, -0.25) is 9.59 Å². The molecule has 0 atom stereocenters. The summed E-state index contributed by atoms with van der Waals surface area (Å²) in [6, 6.07) is 0. The van der Waals surface area contributed by atoms with Crippen molar-refractivity contribution in [3.8, 4) is 0 Å². The predicted octanol–water partition coefficient (Wildman–Crippen LogP) is 1.09. The van der Waals surface area contributed by atoms with Crippen LogP contribution in [0.3, 0.4) is 0 Å². The lowest BCUT2D eigenvalue weighted by Crippen LogP contribution is -2.51. The Bertz CT molecular complexity index is 463. The van der Waals surface area contributed by atoms with Crippen LogP contribution in [0.2, 0.25) is 0 Å². The van der Waals surface area contributed by atoms with Crippen LogP contribution in [-0.2, 0) is 9.59 Å². The maximum Gasteiger partial charge on any atom is 0.270 e. The first-order valence-corrected chi connectivity index (χ1v) is 8.95. The molecule has 0 aromatic heterocycles. The van der Waals surface area contributed by atoms with E-state index in [-0.39, 0.29) is 29.7 Å². The molecule has 1 saturated heterocycles. The molecule has 22 heavy (non-hydrogen) atoms. The molecule has 0 bridgehead atoms. The van der Waals surface area contributed by atoms with E-state index in [2.05, 4.69) is 18.9 Å². The first-order valence-electron chi connectivity index (χ1n) is 7.97. The zero-order valence-corrected chi connectivity index (χ0v) is 14.2. The van der Waals surface area contributed by atoms with Gasteiger partial charge in [-0.1, -0.05) is 13.8 Å². The third kappa shape index (κ3) is 3.63. The molecule has 2 heterocycles. The van der Waals surface area contributed by atoms with Gasteiger partial charge in [0.25, 0.3) is 5.91 Å². The van der Waals surface area contributed by atoms with Crippen molar-refractivity contribution >= 4 is 29.3 Å². The maximum atomic E-state index is 12.7. The van der Waals surface area contributed by atoms with Gasteiger partial charge in [0, 0.05) is 36.4 Å². The van der Waals surface area contributed by atoms with E-state index in [4.69, 9.17) is 5.11 Å². The fourth-order valence-corrected chi connectivity index (χ4v) is 4.30. The minimum absolute atomic E-state index is 0.0537. The number of hydrogen-bond acceptors (Lipinski definition) is 5. The number of aliphatic hydroxyl groups is 1. The minimum Gasteiger partial charge on any atom is -0.394 e. The Labute approximate surface area is 135 Å². The largest absolute Gasteiger partial charge is 0.394 e. The number of carbonyl (C=O) groups is 2. The second-order valence-electron chi connectivity index (χ2n) is 5.75. The molecule has 2 aliphatic rings. The van der Waals surface area contributed by atoms with Gasteiger partial charge in [0.05, 0.1) is 13.2 Å². The van der Waals surface area contributed by atoms with Crippen molar-refractivity contribution in [3.63, 3.8) is 0 Å². The van der Waals surface area contributed by atoms with Crippen LogP contribution in [0.15, 0.2) is 5.10 Å². The van der Waals surface area contributed by atoms with E-state index in [0.29, 0.717) is 18.6 Å². The SMILES string of the molecule is CCC1(CC)CN(C(=O)C2=NN(CCO)C(=O)CC2)CCS1. The number of aliphatic hydroxyl groups excluding tert-OH is 1. The highest BCUT2D eigenvalue weighted by Gasteiger charge is 2.37. The number of β-amino-alcohol motifs (C(OH)–C–C–N with tert-alkyl or cyclic N) is 1. The Morgan fingerprint density at radius 2 is 2.09 bits per heavy atom. The van der Waals surface area contributed by atoms with Crippen LogP contribution >= 0.6 is 11.8 Å². The van der Waals surface area contributed by atoms with Crippen molar-refractivity contribution in [3.05, 3.63) is 0 Å². The normalized spacial score (nSPS) is 21.8. The van der Waals surface area contributed by atoms with Gasteiger partial charge in [-0.25, -0.2) is 5.01 Å². The Kier molecular flexibility index (Phi) is 5.86. The number of hydrogen-bond donors (Lipinski definition) is 1. The topological polar surface area (TPSA) is 73.2 Å². The summed E-state index contributed by atoms with van der Waals surface area (Å²) in [5.41, 5.74) is 0.445. The summed E-state index contributed by atoms with van der Waals surface area (Å²) in [6.07, 6.45) is 2.77. The highest BCUT2D eigenvalue weighted by molar-refractivity contribution is 8.00. The molecule has 2 amide bonds. The molecule has 0 aromatic carbocycles. The first-order chi connectivity index (χ1) is 10.5. The summed E-state index contributed by atoms with van der Waals surface area (Å²) in [7, 11) is 0. The second kappa shape index (κ2) is 7.46. The van der Waals surface area contributed by atoms with Crippen LogP contribution in [0.1, 0.15) is 39.5 Å². The number of thioether (sulfide) groups is 1. The van der Waals surface area contributed by atoms with Gasteiger partial charge >= 0.3 is 0 Å². The third-order valence-corrected chi connectivity index (χ3v) is 6.19. The van der Waals surface area contributed by atoms with Crippen molar-refractivity contribution in [2.75, 3.05) is 32.0 Å². The van der Waals surface area contributed by atoms with Gasteiger partial charge < -0.3 is 10.0 Å². The highest BCUT2D eigenvalue weighted by atomic mass is 32.2. The summed E-state index contributed by atoms with van der Waals surface area (Å²) >= 11 is 1.96. The van der Waals surface area contributed by atoms with Crippen LogP contribution in [0, 0.1) is 0 Å². The van der Waals surface area contributed by atoms with Crippen molar-refractivity contribution in [2.24, 2.45) is 5.10 Å². The summed E-state index contributed by atoms with van der Waals surface area (Å²) in [5.74, 6) is 0.762. The van der Waals surface area contributed by atoms with Crippen molar-refractivity contribution in [1.29, 1.82) is 0 Å². The molecule has 6 nitrogen and oxygen atoms in total. The van der Waals surface area contributed by atoms with Gasteiger partial charge in [0.2, 0.25) is 5.91 Å². The standard InChI is InChI=1S/C15H25N3O3S/c1-3-15(4-2)11-17(8-10-22-15)14(21)12-5-6-13(20)18(16-12)7-9-19/h19H,3-11H2,1-2H3. The van der Waals surface area contributed by atoms with E-state index < -0.39 is 0 Å². The van der Waals surface area contributed by atoms with Gasteiger partial charge in [-0.05, 0) is 12.8 Å². The average molecular weight is 327 g/mol. The molecule has 7 heteroatoms. The molecule has 0 saturated carbocycles. The van der Waals surface area contributed by atoms with E-state index in [1.54, 1.807) is 0 Å². The summed E-state index contributed by atoms with van der Waals surface area (Å²) in [6.45, 7) is 5.83. The summed E-state index contributed by atoms with van der Waals surface area (Å²) in [5, 5.41) is 14.4. The molecule has 0 radical (unpaired) electrons. The van der Waals surface area contributed by atoms with Crippen LogP contribution in [0.5, 0.6) is 0 Å². The molecule has 0 spiro atoms. The van der Waals surface area contributed by atoms with Crippen LogP contribution < -0.4 is 0 Å². The molecule has 0 aromatic rings. The second-order valence-corrected chi connectivity index (χ2v) is 7.32.